The van der Waals surface area contributed by atoms with Crippen LogP contribution in [-0.2, 0) is 4.79 Å². The van der Waals surface area contributed by atoms with E-state index in [1.165, 1.54) is 25.7 Å². The molecule has 0 saturated heterocycles. The van der Waals surface area contributed by atoms with Crippen LogP contribution < -0.4 is 5.32 Å². The Labute approximate surface area is 174 Å². The smallest absolute Gasteiger partial charge is 0.235 e. The zero-order chi connectivity index (χ0) is 20.0. The number of amides is 1. The summed E-state index contributed by atoms with van der Waals surface area (Å²) in [5.74, 6) is 3.73. The number of aromatic nitrogens is 4. The van der Waals surface area contributed by atoms with E-state index in [1.807, 2.05) is 37.3 Å². The van der Waals surface area contributed by atoms with Crippen LogP contribution in [-0.4, -0.2) is 31.4 Å². The number of hydrogen-bond donors (Lipinski definition) is 2. The van der Waals surface area contributed by atoms with Crippen molar-refractivity contribution < 1.29 is 4.79 Å². The Balaban J connectivity index is 1.22. The standard InChI is InChI=1S/C22H27N5OS/c1-13-9-20(27(26-13)19-11-15-7-8-16(19)10-15)25-21(28)12-29-14(2)22-23-17-5-3-4-6-18(17)24-22/h3-6,9,14-16,19H,7-8,10-12H2,1-2H3,(H,23,24)(H,25,28). The number of fused-ring (bicyclic) bond motifs is 3. The molecule has 1 amide bonds. The lowest BCUT2D eigenvalue weighted by atomic mass is 9.95. The van der Waals surface area contributed by atoms with Crippen LogP contribution in [0.3, 0.4) is 0 Å². The molecule has 5 rings (SSSR count). The van der Waals surface area contributed by atoms with Gasteiger partial charge in [0, 0.05) is 6.07 Å². The number of thioether (sulfide) groups is 1. The van der Waals surface area contributed by atoms with Crippen molar-refractivity contribution in [1.29, 1.82) is 0 Å². The van der Waals surface area contributed by atoms with Gasteiger partial charge in [0.1, 0.15) is 11.6 Å². The van der Waals surface area contributed by atoms with E-state index in [1.54, 1.807) is 11.8 Å². The molecule has 2 bridgehead atoms. The predicted molar refractivity (Wildman–Crippen MR) is 117 cm³/mol. The lowest BCUT2D eigenvalue weighted by molar-refractivity contribution is -0.113. The second kappa shape index (κ2) is 7.52. The third-order valence-electron chi connectivity index (χ3n) is 6.40. The molecule has 2 aliphatic rings. The molecule has 2 heterocycles. The van der Waals surface area contributed by atoms with Crippen LogP contribution >= 0.6 is 11.8 Å². The number of H-pyrrole nitrogens is 1. The van der Waals surface area contributed by atoms with E-state index in [9.17, 15) is 4.79 Å². The number of carbonyl (C=O) groups excluding carboxylic acids is 1. The van der Waals surface area contributed by atoms with Gasteiger partial charge in [0.2, 0.25) is 5.91 Å². The second-order valence-electron chi connectivity index (χ2n) is 8.50. The number of para-hydroxylation sites is 2. The fourth-order valence-corrected chi connectivity index (χ4v) is 5.74. The predicted octanol–water partition coefficient (Wildman–Crippen LogP) is 4.86. The van der Waals surface area contributed by atoms with Gasteiger partial charge in [-0.1, -0.05) is 18.6 Å². The molecule has 3 aromatic rings. The number of nitrogens with one attached hydrogen (secondary N) is 2. The van der Waals surface area contributed by atoms with Gasteiger partial charge in [-0.3, -0.25) is 4.79 Å². The van der Waals surface area contributed by atoms with Crippen LogP contribution in [0.5, 0.6) is 0 Å². The van der Waals surface area contributed by atoms with Crippen LogP contribution in [0.25, 0.3) is 11.0 Å². The van der Waals surface area contributed by atoms with Gasteiger partial charge >= 0.3 is 0 Å². The van der Waals surface area contributed by atoms with Crippen LogP contribution in [0, 0.1) is 18.8 Å². The van der Waals surface area contributed by atoms with Crippen LogP contribution in [0.4, 0.5) is 5.82 Å². The summed E-state index contributed by atoms with van der Waals surface area (Å²) in [6, 6.07) is 10.4. The van der Waals surface area contributed by atoms with Crippen molar-refractivity contribution in [2.45, 2.75) is 50.8 Å². The largest absolute Gasteiger partial charge is 0.341 e. The fourth-order valence-electron chi connectivity index (χ4n) is 5.00. The first-order chi connectivity index (χ1) is 14.1. The maximum atomic E-state index is 12.7. The van der Waals surface area contributed by atoms with Crippen molar-refractivity contribution in [3.63, 3.8) is 0 Å². The quantitative estimate of drug-likeness (QED) is 0.609. The fraction of sp³-hybridized carbons (Fsp3) is 0.500. The van der Waals surface area contributed by atoms with Crippen molar-refractivity contribution in [1.82, 2.24) is 19.7 Å². The zero-order valence-corrected chi connectivity index (χ0v) is 17.7. The molecule has 1 aromatic carbocycles. The molecule has 4 unspecified atom stereocenters. The van der Waals surface area contributed by atoms with Gasteiger partial charge in [0.15, 0.2) is 0 Å². The third-order valence-corrected chi connectivity index (χ3v) is 7.55. The SMILES string of the molecule is Cc1cc(NC(=O)CSC(C)c2nc3ccccc3[nH]2)n(C2CC3CCC2C3)n1. The minimum Gasteiger partial charge on any atom is -0.341 e. The minimum atomic E-state index is 0.0160. The average molecular weight is 410 g/mol. The van der Waals surface area contributed by atoms with Gasteiger partial charge < -0.3 is 10.3 Å². The van der Waals surface area contributed by atoms with Crippen LogP contribution in [0.2, 0.25) is 0 Å². The number of benzene rings is 1. The molecule has 2 aliphatic carbocycles. The Morgan fingerprint density at radius 1 is 1.34 bits per heavy atom. The molecule has 4 atom stereocenters. The maximum absolute atomic E-state index is 12.7. The number of aryl methyl sites for hydroxylation is 1. The lowest BCUT2D eigenvalue weighted by Gasteiger charge is -2.24. The first-order valence-corrected chi connectivity index (χ1v) is 11.5. The van der Waals surface area contributed by atoms with Crippen molar-refractivity contribution in [2.24, 2.45) is 11.8 Å². The molecule has 29 heavy (non-hydrogen) atoms. The van der Waals surface area contributed by atoms with Gasteiger partial charge in [-0.25, -0.2) is 9.67 Å². The summed E-state index contributed by atoms with van der Waals surface area (Å²) in [6.07, 6.45) is 5.18. The molecule has 0 aliphatic heterocycles. The summed E-state index contributed by atoms with van der Waals surface area (Å²) in [4.78, 5) is 20.7. The van der Waals surface area contributed by atoms with Crippen molar-refractivity contribution in [2.75, 3.05) is 11.1 Å². The van der Waals surface area contributed by atoms with E-state index in [0.717, 1.165) is 40.2 Å². The highest BCUT2D eigenvalue weighted by Crippen LogP contribution is 2.51. The number of carbonyl (C=O) groups is 1. The minimum absolute atomic E-state index is 0.0160. The van der Waals surface area contributed by atoms with Gasteiger partial charge in [-0.15, -0.1) is 11.8 Å². The summed E-state index contributed by atoms with van der Waals surface area (Å²) in [5, 5.41) is 7.94. The third kappa shape index (κ3) is 3.68. The molecule has 2 N–H and O–H groups in total. The second-order valence-corrected chi connectivity index (χ2v) is 9.83. The molecule has 2 fully saturated rings. The zero-order valence-electron chi connectivity index (χ0n) is 16.9. The highest BCUT2D eigenvalue weighted by molar-refractivity contribution is 8.00. The first kappa shape index (κ1) is 18.7. The summed E-state index contributed by atoms with van der Waals surface area (Å²) >= 11 is 1.59. The normalized spacial score (nSPS) is 24.3. The Kier molecular flexibility index (Phi) is 4.86. The summed E-state index contributed by atoms with van der Waals surface area (Å²) in [7, 11) is 0. The van der Waals surface area contributed by atoms with E-state index in [4.69, 9.17) is 5.10 Å². The maximum Gasteiger partial charge on any atom is 0.235 e. The highest BCUT2D eigenvalue weighted by Gasteiger charge is 2.41. The average Bonchev–Trinajstić information content (AvgIpc) is 3.48. The van der Waals surface area contributed by atoms with Crippen LogP contribution in [0.1, 0.15) is 55.4 Å². The Morgan fingerprint density at radius 3 is 2.97 bits per heavy atom. The van der Waals surface area contributed by atoms with Gasteiger partial charge in [-0.2, -0.15) is 5.10 Å². The Bertz CT molecular complexity index is 1010. The monoisotopic (exact) mass is 409 g/mol. The summed E-state index contributed by atoms with van der Waals surface area (Å²) < 4.78 is 2.09. The van der Waals surface area contributed by atoms with E-state index in [0.29, 0.717) is 11.8 Å². The van der Waals surface area contributed by atoms with Crippen molar-refractivity contribution in [3.05, 3.63) is 41.9 Å². The van der Waals surface area contributed by atoms with Gasteiger partial charge in [0.25, 0.3) is 0 Å². The van der Waals surface area contributed by atoms with Crippen molar-refractivity contribution in [3.8, 4) is 0 Å². The molecule has 152 valence electrons. The Morgan fingerprint density at radius 2 is 2.21 bits per heavy atom. The van der Waals surface area contributed by atoms with Gasteiger partial charge in [-0.05, 0) is 57.1 Å². The van der Waals surface area contributed by atoms with E-state index in [-0.39, 0.29) is 11.2 Å². The van der Waals surface area contributed by atoms with E-state index in [2.05, 4.69) is 26.9 Å². The molecule has 6 nitrogen and oxygen atoms in total. The summed E-state index contributed by atoms with van der Waals surface area (Å²) in [6.45, 7) is 4.08. The number of anilines is 1. The number of rotatable bonds is 6. The molecule has 0 spiro atoms. The molecular weight excluding hydrogens is 382 g/mol. The molecule has 0 radical (unpaired) electrons. The van der Waals surface area contributed by atoms with Gasteiger partial charge in [0.05, 0.1) is 33.8 Å². The lowest BCUT2D eigenvalue weighted by Crippen LogP contribution is -2.23. The first-order valence-electron chi connectivity index (χ1n) is 10.5. The number of imidazole rings is 1. The number of aromatic amines is 1. The number of nitrogens with zero attached hydrogens (tertiary/aromatic N) is 3. The van der Waals surface area contributed by atoms with E-state index < -0.39 is 0 Å². The van der Waals surface area contributed by atoms with E-state index >= 15 is 0 Å². The molecular formula is C22H27N5OS. The molecule has 2 aromatic heterocycles. The summed E-state index contributed by atoms with van der Waals surface area (Å²) in [5.41, 5.74) is 2.96. The Hall–Kier alpha value is -2.28. The van der Waals surface area contributed by atoms with Crippen LogP contribution in [0.15, 0.2) is 30.3 Å². The topological polar surface area (TPSA) is 75.6 Å². The van der Waals surface area contributed by atoms with Crippen molar-refractivity contribution >= 4 is 34.5 Å². The molecule has 2 saturated carbocycles. The number of hydrogen-bond acceptors (Lipinski definition) is 4. The molecule has 7 heteroatoms. The highest BCUT2D eigenvalue weighted by atomic mass is 32.2.